The quantitative estimate of drug-likeness (QED) is 0.837. The lowest BCUT2D eigenvalue weighted by Crippen LogP contribution is -2.45. The van der Waals surface area contributed by atoms with Gasteiger partial charge in [0.05, 0.1) is 0 Å². The summed E-state index contributed by atoms with van der Waals surface area (Å²) < 4.78 is 0. The molecule has 1 aromatic heterocycles. The fourth-order valence-corrected chi connectivity index (χ4v) is 2.03. The number of anilines is 2. The smallest absolute Gasteiger partial charge is 0.230 e. The Kier molecular flexibility index (Phi) is 3.96. The Morgan fingerprint density at radius 2 is 1.78 bits per heavy atom. The molecule has 1 saturated heterocycles. The van der Waals surface area contributed by atoms with Crippen molar-refractivity contribution in [3.05, 3.63) is 5.82 Å². The lowest BCUT2D eigenvalue weighted by molar-refractivity contribution is 0.311. The van der Waals surface area contributed by atoms with Crippen LogP contribution < -0.4 is 10.6 Å². The van der Waals surface area contributed by atoms with Gasteiger partial charge in [-0.15, -0.1) is 0 Å². The third-order valence-electron chi connectivity index (χ3n) is 3.06. The Hall–Kier alpha value is -1.43. The summed E-state index contributed by atoms with van der Waals surface area (Å²) in [5, 5.41) is 0. The molecule has 6 nitrogen and oxygen atoms in total. The van der Waals surface area contributed by atoms with Gasteiger partial charge < -0.3 is 15.5 Å². The maximum absolute atomic E-state index is 5.77. The Labute approximate surface area is 108 Å². The SMILES string of the molecule is CC(C)Cc1nc(N)nc(N2CCN(C)CC2)n1. The van der Waals surface area contributed by atoms with Gasteiger partial charge in [0.25, 0.3) is 0 Å². The Bertz CT molecular complexity index is 398. The first kappa shape index (κ1) is 13.0. The molecule has 0 aliphatic carbocycles. The van der Waals surface area contributed by atoms with E-state index >= 15 is 0 Å². The van der Waals surface area contributed by atoms with Crippen LogP contribution >= 0.6 is 0 Å². The third-order valence-corrected chi connectivity index (χ3v) is 3.06. The van der Waals surface area contributed by atoms with E-state index in [9.17, 15) is 0 Å². The molecule has 2 rings (SSSR count). The van der Waals surface area contributed by atoms with E-state index in [1.807, 2.05) is 0 Å². The van der Waals surface area contributed by atoms with E-state index in [0.717, 1.165) is 44.4 Å². The van der Waals surface area contributed by atoms with E-state index in [2.05, 4.69) is 45.6 Å². The van der Waals surface area contributed by atoms with Gasteiger partial charge in [-0.2, -0.15) is 15.0 Å². The molecule has 0 radical (unpaired) electrons. The topological polar surface area (TPSA) is 71.2 Å². The fraction of sp³-hybridized carbons (Fsp3) is 0.750. The first-order valence-electron chi connectivity index (χ1n) is 6.48. The van der Waals surface area contributed by atoms with Crippen molar-refractivity contribution in [2.24, 2.45) is 5.92 Å². The lowest BCUT2D eigenvalue weighted by atomic mass is 10.1. The van der Waals surface area contributed by atoms with E-state index in [1.165, 1.54) is 0 Å². The van der Waals surface area contributed by atoms with Crippen LogP contribution in [0, 0.1) is 5.92 Å². The van der Waals surface area contributed by atoms with Crippen LogP contribution in [0.1, 0.15) is 19.7 Å². The lowest BCUT2D eigenvalue weighted by Gasteiger charge is -2.32. The van der Waals surface area contributed by atoms with Gasteiger partial charge in [-0.25, -0.2) is 0 Å². The minimum Gasteiger partial charge on any atom is -0.368 e. The molecule has 2 N–H and O–H groups in total. The molecule has 1 aromatic rings. The summed E-state index contributed by atoms with van der Waals surface area (Å²) in [6.45, 7) is 8.25. The van der Waals surface area contributed by atoms with E-state index in [-0.39, 0.29) is 0 Å². The highest BCUT2D eigenvalue weighted by Gasteiger charge is 2.18. The molecule has 100 valence electrons. The number of rotatable bonds is 3. The molecular weight excluding hydrogens is 228 g/mol. The van der Waals surface area contributed by atoms with Crippen LogP contribution in [0.15, 0.2) is 0 Å². The standard InChI is InChI=1S/C12H22N6/c1-9(2)8-10-14-11(13)16-12(15-10)18-6-4-17(3)5-7-18/h9H,4-8H2,1-3H3,(H2,13,14,15,16). The normalized spacial score (nSPS) is 17.4. The molecule has 0 unspecified atom stereocenters. The Morgan fingerprint density at radius 1 is 1.11 bits per heavy atom. The third kappa shape index (κ3) is 3.29. The van der Waals surface area contributed by atoms with Crippen LogP contribution in [0.2, 0.25) is 0 Å². The molecule has 0 amide bonds. The largest absolute Gasteiger partial charge is 0.368 e. The summed E-state index contributed by atoms with van der Waals surface area (Å²) >= 11 is 0. The van der Waals surface area contributed by atoms with Crippen molar-refractivity contribution >= 4 is 11.9 Å². The highest BCUT2D eigenvalue weighted by atomic mass is 15.3. The molecule has 2 heterocycles. The predicted molar refractivity (Wildman–Crippen MR) is 72.5 cm³/mol. The van der Waals surface area contributed by atoms with Crippen LogP contribution in [0.3, 0.4) is 0 Å². The second-order valence-electron chi connectivity index (χ2n) is 5.30. The Balaban J connectivity index is 2.14. The van der Waals surface area contributed by atoms with Crippen molar-refractivity contribution < 1.29 is 0 Å². The van der Waals surface area contributed by atoms with Gasteiger partial charge in [0.2, 0.25) is 11.9 Å². The maximum atomic E-state index is 5.77. The molecule has 1 fully saturated rings. The van der Waals surface area contributed by atoms with Crippen molar-refractivity contribution in [3.8, 4) is 0 Å². The van der Waals surface area contributed by atoms with Crippen LogP contribution in [-0.4, -0.2) is 53.1 Å². The number of hydrogen-bond donors (Lipinski definition) is 1. The number of nitrogen functional groups attached to an aromatic ring is 1. The van der Waals surface area contributed by atoms with Gasteiger partial charge in [-0.3, -0.25) is 0 Å². The summed E-state index contributed by atoms with van der Waals surface area (Å²) in [6, 6.07) is 0. The zero-order chi connectivity index (χ0) is 13.1. The monoisotopic (exact) mass is 250 g/mol. The molecule has 0 spiro atoms. The molecule has 1 aliphatic rings. The van der Waals surface area contributed by atoms with Gasteiger partial charge in [0, 0.05) is 32.6 Å². The van der Waals surface area contributed by atoms with Crippen LogP contribution in [0.5, 0.6) is 0 Å². The fourth-order valence-electron chi connectivity index (χ4n) is 2.03. The summed E-state index contributed by atoms with van der Waals surface area (Å²) in [7, 11) is 2.13. The molecule has 0 atom stereocenters. The van der Waals surface area contributed by atoms with Crippen LogP contribution in [0.25, 0.3) is 0 Å². The number of nitrogens with two attached hydrogens (primary N) is 1. The van der Waals surface area contributed by atoms with Gasteiger partial charge >= 0.3 is 0 Å². The van der Waals surface area contributed by atoms with Crippen LogP contribution in [0.4, 0.5) is 11.9 Å². The zero-order valence-electron chi connectivity index (χ0n) is 11.4. The molecule has 6 heteroatoms. The van der Waals surface area contributed by atoms with E-state index in [4.69, 9.17) is 5.73 Å². The minimum absolute atomic E-state index is 0.328. The average molecular weight is 250 g/mol. The predicted octanol–water partition coefficient (Wildman–Crippen LogP) is 0.404. The second kappa shape index (κ2) is 5.48. The molecule has 0 saturated carbocycles. The van der Waals surface area contributed by atoms with E-state index in [1.54, 1.807) is 0 Å². The first-order chi connectivity index (χ1) is 8.54. The molecule has 0 aromatic carbocycles. The highest BCUT2D eigenvalue weighted by Crippen LogP contribution is 2.13. The average Bonchev–Trinajstić information content (AvgIpc) is 2.28. The number of aromatic nitrogens is 3. The van der Waals surface area contributed by atoms with E-state index in [0.29, 0.717) is 11.9 Å². The number of hydrogen-bond acceptors (Lipinski definition) is 6. The Morgan fingerprint density at radius 3 is 2.39 bits per heavy atom. The van der Waals surface area contributed by atoms with Crippen molar-refractivity contribution in [2.45, 2.75) is 20.3 Å². The number of piperazine rings is 1. The van der Waals surface area contributed by atoms with Crippen molar-refractivity contribution in [2.75, 3.05) is 43.9 Å². The van der Waals surface area contributed by atoms with Crippen molar-refractivity contribution in [1.29, 1.82) is 0 Å². The zero-order valence-corrected chi connectivity index (χ0v) is 11.4. The first-order valence-corrected chi connectivity index (χ1v) is 6.48. The van der Waals surface area contributed by atoms with Gasteiger partial charge in [-0.05, 0) is 13.0 Å². The van der Waals surface area contributed by atoms with Gasteiger partial charge in [0.1, 0.15) is 5.82 Å². The molecular formula is C12H22N6. The molecule has 1 aliphatic heterocycles. The number of nitrogens with zero attached hydrogens (tertiary/aromatic N) is 5. The van der Waals surface area contributed by atoms with Crippen molar-refractivity contribution in [1.82, 2.24) is 19.9 Å². The summed E-state index contributed by atoms with van der Waals surface area (Å²) in [5.41, 5.74) is 5.77. The number of likely N-dealkylation sites (N-methyl/N-ethyl adjacent to an activating group) is 1. The minimum atomic E-state index is 0.328. The summed E-state index contributed by atoms with van der Waals surface area (Å²) in [4.78, 5) is 17.5. The second-order valence-corrected chi connectivity index (χ2v) is 5.30. The van der Waals surface area contributed by atoms with Gasteiger partial charge in [0.15, 0.2) is 0 Å². The summed E-state index contributed by atoms with van der Waals surface area (Å²) in [5.74, 6) is 2.37. The molecule has 0 bridgehead atoms. The van der Waals surface area contributed by atoms with Crippen LogP contribution in [-0.2, 0) is 6.42 Å². The maximum Gasteiger partial charge on any atom is 0.230 e. The van der Waals surface area contributed by atoms with E-state index < -0.39 is 0 Å². The summed E-state index contributed by atoms with van der Waals surface area (Å²) in [6.07, 6.45) is 0.841. The van der Waals surface area contributed by atoms with Gasteiger partial charge in [-0.1, -0.05) is 13.8 Å². The highest BCUT2D eigenvalue weighted by molar-refractivity contribution is 5.35. The molecule has 18 heavy (non-hydrogen) atoms. The van der Waals surface area contributed by atoms with Crippen molar-refractivity contribution in [3.63, 3.8) is 0 Å².